The molecule has 21 heavy (non-hydrogen) atoms. The lowest BCUT2D eigenvalue weighted by Crippen LogP contribution is -2.69. The molecule has 2 rings (SSSR count). The second-order valence-electron chi connectivity index (χ2n) is 6.18. The zero-order valence-electron chi connectivity index (χ0n) is 12.7. The molecule has 2 amide bonds. The van der Waals surface area contributed by atoms with Crippen LogP contribution in [0.1, 0.15) is 45.4 Å². The molecule has 0 radical (unpaired) electrons. The molecule has 2 aliphatic rings. The number of sulfone groups is 1. The van der Waals surface area contributed by atoms with Crippen LogP contribution in [-0.2, 0) is 19.4 Å². The molecule has 1 heterocycles. The number of hydrogen-bond acceptors (Lipinski definition) is 4. The maximum Gasteiger partial charge on any atom is 0.249 e. The summed E-state index contributed by atoms with van der Waals surface area (Å²) in [7, 11) is -3.05. The van der Waals surface area contributed by atoms with E-state index < -0.39 is 21.4 Å². The first kappa shape index (κ1) is 16.3. The molecule has 0 aromatic heterocycles. The highest BCUT2D eigenvalue weighted by atomic mass is 32.2. The van der Waals surface area contributed by atoms with Crippen LogP contribution in [-0.4, -0.2) is 55.3 Å². The summed E-state index contributed by atoms with van der Waals surface area (Å²) in [5.74, 6) is -0.0831. The number of nitrogens with one attached hydrogen (secondary N) is 1. The van der Waals surface area contributed by atoms with Gasteiger partial charge in [0.1, 0.15) is 21.4 Å². The fourth-order valence-corrected chi connectivity index (χ4v) is 4.06. The molecule has 0 aromatic carbocycles. The van der Waals surface area contributed by atoms with Gasteiger partial charge in [0.15, 0.2) is 0 Å². The van der Waals surface area contributed by atoms with Crippen molar-refractivity contribution in [1.29, 1.82) is 0 Å². The minimum Gasteiger partial charge on any atom is -0.340 e. The van der Waals surface area contributed by atoms with E-state index in [1.165, 1.54) is 6.26 Å². The summed E-state index contributed by atoms with van der Waals surface area (Å²) in [5, 5.41) is 2.93. The molecule has 120 valence electrons. The highest BCUT2D eigenvalue weighted by molar-refractivity contribution is 7.90. The smallest absolute Gasteiger partial charge is 0.249 e. The van der Waals surface area contributed by atoms with Crippen LogP contribution in [0.4, 0.5) is 0 Å². The minimum atomic E-state index is -3.05. The predicted molar refractivity (Wildman–Crippen MR) is 79.5 cm³/mol. The number of nitrogens with zero attached hydrogens (tertiary/aromatic N) is 1. The Balaban J connectivity index is 2.13. The van der Waals surface area contributed by atoms with Crippen LogP contribution in [0, 0.1) is 0 Å². The van der Waals surface area contributed by atoms with Gasteiger partial charge in [-0.1, -0.05) is 19.8 Å². The monoisotopic (exact) mass is 316 g/mol. The summed E-state index contributed by atoms with van der Waals surface area (Å²) < 4.78 is 22.5. The molecule has 0 aromatic rings. The number of piperazine rings is 1. The minimum absolute atomic E-state index is 0.0278. The first-order valence-electron chi connectivity index (χ1n) is 7.60. The van der Waals surface area contributed by atoms with Crippen LogP contribution in [0.3, 0.4) is 0 Å². The van der Waals surface area contributed by atoms with Gasteiger partial charge in [-0.15, -0.1) is 0 Å². The van der Waals surface area contributed by atoms with Gasteiger partial charge in [-0.2, -0.15) is 0 Å². The van der Waals surface area contributed by atoms with E-state index in [-0.39, 0.29) is 17.6 Å². The van der Waals surface area contributed by atoms with E-state index in [0.29, 0.717) is 32.2 Å². The second kappa shape index (κ2) is 5.94. The Bertz CT molecular complexity index is 523. The van der Waals surface area contributed by atoms with Crippen molar-refractivity contribution in [3.8, 4) is 0 Å². The van der Waals surface area contributed by atoms with E-state index in [1.807, 2.05) is 6.92 Å². The van der Waals surface area contributed by atoms with Crippen LogP contribution >= 0.6 is 0 Å². The summed E-state index contributed by atoms with van der Waals surface area (Å²) in [4.78, 5) is 26.7. The molecule has 6 nitrogen and oxygen atoms in total. The Labute approximate surface area is 126 Å². The molecule has 1 aliphatic heterocycles. The van der Waals surface area contributed by atoms with Crippen LogP contribution in [0.5, 0.6) is 0 Å². The molecule has 1 atom stereocenters. The van der Waals surface area contributed by atoms with Crippen molar-refractivity contribution in [2.45, 2.75) is 57.0 Å². The van der Waals surface area contributed by atoms with E-state index in [4.69, 9.17) is 0 Å². The lowest BCUT2D eigenvalue weighted by atomic mass is 9.90. The van der Waals surface area contributed by atoms with E-state index in [0.717, 1.165) is 12.8 Å². The Morgan fingerprint density at radius 1 is 1.29 bits per heavy atom. The largest absolute Gasteiger partial charge is 0.340 e. The average molecular weight is 316 g/mol. The van der Waals surface area contributed by atoms with Crippen molar-refractivity contribution in [3.63, 3.8) is 0 Å². The summed E-state index contributed by atoms with van der Waals surface area (Å²) in [6.45, 7) is 2.20. The first-order chi connectivity index (χ1) is 9.79. The lowest BCUT2D eigenvalue weighted by molar-refractivity contribution is -0.155. The molecular weight excluding hydrogens is 292 g/mol. The molecule has 1 aliphatic carbocycles. The van der Waals surface area contributed by atoms with E-state index in [9.17, 15) is 18.0 Å². The van der Waals surface area contributed by atoms with E-state index >= 15 is 0 Å². The fraction of sp³-hybridized carbons (Fsp3) is 0.857. The van der Waals surface area contributed by atoms with E-state index in [1.54, 1.807) is 4.90 Å². The summed E-state index contributed by atoms with van der Waals surface area (Å²) in [6.07, 6.45) is 5.39. The predicted octanol–water partition coefficient (Wildman–Crippen LogP) is 0.471. The van der Waals surface area contributed by atoms with Crippen LogP contribution in [0.2, 0.25) is 0 Å². The van der Waals surface area contributed by atoms with Crippen molar-refractivity contribution in [1.82, 2.24) is 10.2 Å². The zero-order chi connectivity index (χ0) is 15.7. The molecule has 1 saturated heterocycles. The number of amides is 2. The molecule has 1 spiro atoms. The van der Waals surface area contributed by atoms with Gasteiger partial charge in [0.25, 0.3) is 0 Å². The maximum atomic E-state index is 12.8. The summed E-state index contributed by atoms with van der Waals surface area (Å²) in [6, 6.07) is -0.469. The fourth-order valence-electron chi connectivity index (χ4n) is 3.41. The Kier molecular flexibility index (Phi) is 4.60. The molecule has 1 unspecified atom stereocenters. The normalized spacial score (nSPS) is 25.4. The standard InChI is InChI=1S/C14H24N2O4S/c1-3-11-12(17)15-14(7-4-5-8-14)13(18)16(11)9-6-10-21(2,19)20/h11H,3-10H2,1-2H3,(H,15,17). The van der Waals surface area contributed by atoms with Crippen molar-refractivity contribution >= 4 is 21.7 Å². The third-order valence-corrected chi connectivity index (χ3v) is 5.50. The average Bonchev–Trinajstić information content (AvgIpc) is 2.83. The maximum absolute atomic E-state index is 12.8. The van der Waals surface area contributed by atoms with Gasteiger partial charge in [-0.25, -0.2) is 8.42 Å². The van der Waals surface area contributed by atoms with Gasteiger partial charge < -0.3 is 10.2 Å². The molecule has 0 bridgehead atoms. The first-order valence-corrected chi connectivity index (χ1v) is 9.66. The number of carbonyl (C=O) groups excluding carboxylic acids is 2. The van der Waals surface area contributed by atoms with E-state index in [2.05, 4.69) is 5.32 Å². The third kappa shape index (κ3) is 3.39. The zero-order valence-corrected chi connectivity index (χ0v) is 13.5. The Hall–Kier alpha value is -1.11. The quantitative estimate of drug-likeness (QED) is 0.799. The lowest BCUT2D eigenvalue weighted by Gasteiger charge is -2.44. The summed E-state index contributed by atoms with van der Waals surface area (Å²) >= 11 is 0. The Morgan fingerprint density at radius 3 is 2.43 bits per heavy atom. The molecule has 7 heteroatoms. The van der Waals surface area contributed by atoms with Crippen LogP contribution < -0.4 is 5.32 Å². The number of carbonyl (C=O) groups is 2. The molecule has 1 N–H and O–H groups in total. The number of rotatable bonds is 5. The van der Waals surface area contributed by atoms with Crippen LogP contribution in [0.15, 0.2) is 0 Å². The van der Waals surface area contributed by atoms with Gasteiger partial charge in [-0.3, -0.25) is 9.59 Å². The van der Waals surface area contributed by atoms with Crippen molar-refractivity contribution in [2.24, 2.45) is 0 Å². The number of hydrogen-bond donors (Lipinski definition) is 1. The van der Waals surface area contributed by atoms with Crippen molar-refractivity contribution < 1.29 is 18.0 Å². The van der Waals surface area contributed by atoms with Gasteiger partial charge in [0, 0.05) is 12.8 Å². The van der Waals surface area contributed by atoms with Crippen molar-refractivity contribution in [2.75, 3.05) is 18.6 Å². The SMILES string of the molecule is CCC1C(=O)NC2(CCCC2)C(=O)N1CCCS(C)(=O)=O. The van der Waals surface area contributed by atoms with Gasteiger partial charge in [0.05, 0.1) is 5.75 Å². The second-order valence-corrected chi connectivity index (χ2v) is 8.44. The van der Waals surface area contributed by atoms with Crippen molar-refractivity contribution in [3.05, 3.63) is 0 Å². The van der Waals surface area contributed by atoms with Gasteiger partial charge >= 0.3 is 0 Å². The molecule has 2 fully saturated rings. The Morgan fingerprint density at radius 2 is 1.90 bits per heavy atom. The highest BCUT2D eigenvalue weighted by Crippen LogP contribution is 2.35. The van der Waals surface area contributed by atoms with Gasteiger partial charge in [0.2, 0.25) is 11.8 Å². The summed E-state index contributed by atoms with van der Waals surface area (Å²) in [5.41, 5.74) is -0.728. The molecular formula is C14H24N2O4S. The topological polar surface area (TPSA) is 83.6 Å². The molecule has 1 saturated carbocycles. The third-order valence-electron chi connectivity index (χ3n) is 4.47. The van der Waals surface area contributed by atoms with Gasteiger partial charge in [-0.05, 0) is 25.7 Å². The highest BCUT2D eigenvalue weighted by Gasteiger charge is 2.51. The van der Waals surface area contributed by atoms with Crippen LogP contribution in [0.25, 0.3) is 0 Å².